The van der Waals surface area contributed by atoms with Gasteiger partial charge in [0.25, 0.3) is 0 Å². The third-order valence-electron chi connectivity index (χ3n) is 3.06. The minimum atomic E-state index is -0.130. The minimum Gasteiger partial charge on any atom is -0.396 e. The van der Waals surface area contributed by atoms with E-state index in [1.165, 1.54) is 6.08 Å². The number of amides is 1. The maximum atomic E-state index is 11.7. The van der Waals surface area contributed by atoms with Crippen LogP contribution in [0.4, 0.5) is 0 Å². The van der Waals surface area contributed by atoms with Gasteiger partial charge in [-0.1, -0.05) is 12.2 Å². The summed E-state index contributed by atoms with van der Waals surface area (Å²) in [6, 6.07) is 1.98. The van der Waals surface area contributed by atoms with Crippen LogP contribution in [0.1, 0.15) is 17.5 Å². The van der Waals surface area contributed by atoms with Crippen LogP contribution in [0.3, 0.4) is 0 Å². The molecule has 4 heteroatoms. The van der Waals surface area contributed by atoms with Gasteiger partial charge in [0.15, 0.2) is 0 Å². The van der Waals surface area contributed by atoms with E-state index in [1.54, 1.807) is 18.5 Å². The molecule has 100 valence electrons. The normalized spacial score (nSPS) is 22.0. The van der Waals surface area contributed by atoms with Gasteiger partial charge in [0.1, 0.15) is 0 Å². The number of hydrogen-bond acceptors (Lipinski definition) is 3. The highest BCUT2D eigenvalue weighted by atomic mass is 16.3. The number of hydrogen-bond donors (Lipinski definition) is 2. The van der Waals surface area contributed by atoms with Crippen molar-refractivity contribution in [1.29, 1.82) is 0 Å². The Kier molecular flexibility index (Phi) is 4.47. The molecule has 0 aromatic carbocycles. The second-order valence-corrected chi connectivity index (χ2v) is 4.81. The van der Waals surface area contributed by atoms with Gasteiger partial charge in [-0.25, -0.2) is 0 Å². The molecule has 19 heavy (non-hydrogen) atoms. The van der Waals surface area contributed by atoms with Crippen LogP contribution in [-0.2, 0) is 4.79 Å². The molecule has 0 fully saturated rings. The third kappa shape index (κ3) is 4.03. The fourth-order valence-corrected chi connectivity index (χ4v) is 2.09. The number of carbonyl (C=O) groups is 1. The van der Waals surface area contributed by atoms with Gasteiger partial charge < -0.3 is 10.4 Å². The van der Waals surface area contributed by atoms with Crippen molar-refractivity contribution in [2.45, 2.75) is 19.4 Å². The summed E-state index contributed by atoms with van der Waals surface area (Å²) < 4.78 is 0. The van der Waals surface area contributed by atoms with Crippen molar-refractivity contribution < 1.29 is 9.90 Å². The molecule has 0 saturated carbocycles. The minimum absolute atomic E-state index is 0.0185. The second kappa shape index (κ2) is 6.29. The van der Waals surface area contributed by atoms with Crippen molar-refractivity contribution in [2.24, 2.45) is 5.92 Å². The summed E-state index contributed by atoms with van der Waals surface area (Å²) in [5, 5.41) is 11.9. The van der Waals surface area contributed by atoms with Crippen LogP contribution < -0.4 is 5.32 Å². The van der Waals surface area contributed by atoms with Crippen LogP contribution in [0.2, 0.25) is 0 Å². The number of rotatable bonds is 4. The van der Waals surface area contributed by atoms with Gasteiger partial charge in [-0.05, 0) is 36.6 Å². The maximum Gasteiger partial charge on any atom is 0.244 e. The number of aliphatic hydroxyl groups is 1. The Morgan fingerprint density at radius 1 is 1.53 bits per heavy atom. The Morgan fingerprint density at radius 2 is 2.37 bits per heavy atom. The van der Waals surface area contributed by atoms with Crippen LogP contribution in [0.25, 0.3) is 6.08 Å². The van der Waals surface area contributed by atoms with Crippen molar-refractivity contribution in [3.05, 3.63) is 47.8 Å². The van der Waals surface area contributed by atoms with E-state index in [0.717, 1.165) is 17.5 Å². The average molecular weight is 258 g/mol. The number of aryl methyl sites for hydroxylation is 1. The van der Waals surface area contributed by atoms with Crippen LogP contribution in [-0.4, -0.2) is 28.6 Å². The molecule has 1 aliphatic carbocycles. The number of pyridine rings is 1. The molecule has 4 nitrogen and oxygen atoms in total. The first kappa shape index (κ1) is 13.5. The predicted octanol–water partition coefficient (Wildman–Crippen LogP) is 1.46. The number of nitrogens with zero attached hydrogens (tertiary/aromatic N) is 1. The summed E-state index contributed by atoms with van der Waals surface area (Å²) in [4.78, 5) is 15.8. The van der Waals surface area contributed by atoms with E-state index >= 15 is 0 Å². The van der Waals surface area contributed by atoms with E-state index in [0.29, 0.717) is 0 Å². The van der Waals surface area contributed by atoms with Crippen molar-refractivity contribution in [1.82, 2.24) is 10.3 Å². The van der Waals surface area contributed by atoms with E-state index in [1.807, 2.05) is 25.1 Å². The summed E-state index contributed by atoms with van der Waals surface area (Å²) >= 11 is 0. The van der Waals surface area contributed by atoms with Gasteiger partial charge in [0.05, 0.1) is 0 Å². The summed E-state index contributed by atoms with van der Waals surface area (Å²) in [6.45, 7) is 2.09. The lowest BCUT2D eigenvalue weighted by Crippen LogP contribution is -2.31. The Hall–Kier alpha value is -1.94. The van der Waals surface area contributed by atoms with E-state index in [9.17, 15) is 4.79 Å². The molecule has 1 heterocycles. The SMILES string of the molecule is Cc1cncc(C=CC(=O)N[C@@H]2C=C[C@H](CO)C2)c1. The summed E-state index contributed by atoms with van der Waals surface area (Å²) in [7, 11) is 0. The Morgan fingerprint density at radius 3 is 3.05 bits per heavy atom. The summed E-state index contributed by atoms with van der Waals surface area (Å²) in [5.74, 6) is 0.0324. The molecular weight excluding hydrogens is 240 g/mol. The largest absolute Gasteiger partial charge is 0.396 e. The molecule has 0 bridgehead atoms. The van der Waals surface area contributed by atoms with Crippen LogP contribution in [0.15, 0.2) is 36.7 Å². The molecule has 1 amide bonds. The molecule has 0 aliphatic heterocycles. The third-order valence-corrected chi connectivity index (χ3v) is 3.06. The quantitative estimate of drug-likeness (QED) is 0.635. The lowest BCUT2D eigenvalue weighted by Gasteiger charge is -2.10. The van der Waals surface area contributed by atoms with Crippen molar-refractivity contribution in [3.63, 3.8) is 0 Å². The lowest BCUT2D eigenvalue weighted by molar-refractivity contribution is -0.116. The fraction of sp³-hybridized carbons (Fsp3) is 0.333. The van der Waals surface area contributed by atoms with E-state index in [4.69, 9.17) is 5.11 Å². The highest BCUT2D eigenvalue weighted by Gasteiger charge is 2.18. The smallest absolute Gasteiger partial charge is 0.244 e. The number of aliphatic hydroxyl groups excluding tert-OH is 1. The van der Waals surface area contributed by atoms with E-state index < -0.39 is 0 Å². The van der Waals surface area contributed by atoms with E-state index in [2.05, 4.69) is 10.3 Å². The number of carbonyl (C=O) groups excluding carboxylic acids is 1. The Bertz CT molecular complexity index is 509. The van der Waals surface area contributed by atoms with Gasteiger partial charge in [-0.15, -0.1) is 0 Å². The fourth-order valence-electron chi connectivity index (χ4n) is 2.09. The first-order valence-electron chi connectivity index (χ1n) is 6.37. The molecule has 0 saturated heterocycles. The topological polar surface area (TPSA) is 62.2 Å². The maximum absolute atomic E-state index is 11.7. The molecule has 2 rings (SSSR count). The number of aromatic nitrogens is 1. The zero-order valence-electron chi connectivity index (χ0n) is 10.9. The lowest BCUT2D eigenvalue weighted by atomic mass is 10.1. The summed E-state index contributed by atoms with van der Waals surface area (Å²) in [5.41, 5.74) is 1.97. The van der Waals surface area contributed by atoms with Crippen molar-refractivity contribution >= 4 is 12.0 Å². The zero-order chi connectivity index (χ0) is 13.7. The van der Waals surface area contributed by atoms with Crippen LogP contribution in [0, 0.1) is 12.8 Å². The number of nitrogens with one attached hydrogen (secondary N) is 1. The van der Waals surface area contributed by atoms with Gasteiger partial charge in [-0.3, -0.25) is 9.78 Å². The van der Waals surface area contributed by atoms with Crippen molar-refractivity contribution in [3.8, 4) is 0 Å². The highest BCUT2D eigenvalue weighted by Crippen LogP contribution is 2.16. The van der Waals surface area contributed by atoms with Crippen molar-refractivity contribution in [2.75, 3.05) is 6.61 Å². The predicted molar refractivity (Wildman–Crippen MR) is 74.3 cm³/mol. The van der Waals surface area contributed by atoms with Crippen LogP contribution in [0.5, 0.6) is 0 Å². The highest BCUT2D eigenvalue weighted by molar-refractivity contribution is 5.92. The molecular formula is C15H18N2O2. The first-order valence-corrected chi connectivity index (χ1v) is 6.37. The Labute approximate surface area is 112 Å². The molecule has 0 unspecified atom stereocenters. The van der Waals surface area contributed by atoms with E-state index in [-0.39, 0.29) is 24.5 Å². The monoisotopic (exact) mass is 258 g/mol. The second-order valence-electron chi connectivity index (χ2n) is 4.81. The van der Waals surface area contributed by atoms with Gasteiger partial charge >= 0.3 is 0 Å². The zero-order valence-corrected chi connectivity index (χ0v) is 10.9. The van der Waals surface area contributed by atoms with Gasteiger partial charge in [0.2, 0.25) is 5.91 Å². The molecule has 2 N–H and O–H groups in total. The molecule has 0 radical (unpaired) electrons. The molecule has 1 aromatic rings. The molecule has 1 aliphatic rings. The summed E-state index contributed by atoms with van der Waals surface area (Å²) in [6.07, 6.45) is 11.4. The first-order chi connectivity index (χ1) is 9.17. The molecule has 0 spiro atoms. The van der Waals surface area contributed by atoms with Gasteiger partial charge in [-0.2, -0.15) is 0 Å². The molecule has 1 aromatic heterocycles. The Balaban J connectivity index is 1.86. The molecule has 2 atom stereocenters. The van der Waals surface area contributed by atoms with Gasteiger partial charge in [0, 0.05) is 37.0 Å². The standard InChI is InChI=1S/C15H18N2O2/c1-11-6-12(9-16-8-11)3-5-15(19)17-14-4-2-13(7-14)10-18/h2-6,8-9,13-14,18H,7,10H2,1H3,(H,17,19)/t13-,14+/m0/s1. The average Bonchev–Trinajstić information content (AvgIpc) is 2.84. The van der Waals surface area contributed by atoms with Crippen LogP contribution >= 0.6 is 0 Å².